The molecule has 0 heterocycles. The van der Waals surface area contributed by atoms with E-state index in [1.807, 2.05) is 19.2 Å². The minimum absolute atomic E-state index is 0.591. The number of rotatable bonds is 7. The molecule has 0 amide bonds. The van der Waals surface area contributed by atoms with Crippen LogP contribution in [0.4, 0.5) is 5.69 Å². The van der Waals surface area contributed by atoms with E-state index < -0.39 is 5.97 Å². The van der Waals surface area contributed by atoms with Crippen molar-refractivity contribution in [3.8, 4) is 0 Å². The number of unbranched alkanes of at least 4 members (excludes halogenated alkanes) is 1. The molecule has 102 valence electrons. The van der Waals surface area contributed by atoms with Crippen molar-refractivity contribution in [2.45, 2.75) is 12.8 Å². The van der Waals surface area contributed by atoms with E-state index in [0.717, 1.165) is 36.7 Å². The first-order valence-corrected chi connectivity index (χ1v) is 6.45. The van der Waals surface area contributed by atoms with Crippen LogP contribution in [0.2, 0.25) is 5.02 Å². The van der Waals surface area contributed by atoms with Crippen LogP contribution in [0.5, 0.6) is 0 Å². The highest BCUT2D eigenvalue weighted by atomic mass is 35.5. The van der Waals surface area contributed by atoms with Crippen molar-refractivity contribution in [3.63, 3.8) is 0 Å². The molecular formula is C15H18ClNO2. The molecule has 0 aliphatic carbocycles. The van der Waals surface area contributed by atoms with Crippen molar-refractivity contribution in [3.05, 3.63) is 47.5 Å². The Morgan fingerprint density at radius 3 is 2.89 bits per heavy atom. The van der Waals surface area contributed by atoms with Crippen LogP contribution in [-0.2, 0) is 4.79 Å². The third-order valence-electron chi connectivity index (χ3n) is 2.71. The van der Waals surface area contributed by atoms with Crippen LogP contribution in [0, 0.1) is 0 Å². The summed E-state index contributed by atoms with van der Waals surface area (Å²) in [7, 11) is 1.98. The van der Waals surface area contributed by atoms with Crippen molar-refractivity contribution in [2.75, 3.05) is 18.5 Å². The molecule has 4 heteroatoms. The van der Waals surface area contributed by atoms with Crippen molar-refractivity contribution in [1.29, 1.82) is 0 Å². The molecule has 1 aromatic carbocycles. The number of carboxylic acids is 1. The van der Waals surface area contributed by atoms with E-state index in [4.69, 9.17) is 16.7 Å². The van der Waals surface area contributed by atoms with Gasteiger partial charge in [-0.3, -0.25) is 0 Å². The Morgan fingerprint density at radius 1 is 1.53 bits per heavy atom. The first kappa shape index (κ1) is 15.3. The lowest BCUT2D eigenvalue weighted by Gasteiger charge is -2.21. The Balaban J connectivity index is 2.92. The number of hydrogen-bond acceptors (Lipinski definition) is 2. The van der Waals surface area contributed by atoms with Crippen molar-refractivity contribution in [1.82, 2.24) is 0 Å². The van der Waals surface area contributed by atoms with Gasteiger partial charge in [-0.2, -0.15) is 0 Å². The average Bonchev–Trinajstić information content (AvgIpc) is 2.36. The molecule has 19 heavy (non-hydrogen) atoms. The monoisotopic (exact) mass is 279 g/mol. The van der Waals surface area contributed by atoms with Crippen LogP contribution in [0.15, 0.2) is 36.9 Å². The van der Waals surface area contributed by atoms with E-state index in [9.17, 15) is 4.79 Å². The largest absolute Gasteiger partial charge is 0.478 e. The first-order valence-electron chi connectivity index (χ1n) is 6.07. The smallest absolute Gasteiger partial charge is 0.328 e. The normalized spacial score (nSPS) is 10.6. The van der Waals surface area contributed by atoms with Crippen LogP contribution in [-0.4, -0.2) is 24.7 Å². The molecule has 0 aliphatic rings. The fraction of sp³-hybridized carbons (Fsp3) is 0.267. The van der Waals surface area contributed by atoms with Crippen LogP contribution in [0.25, 0.3) is 6.08 Å². The minimum atomic E-state index is -0.972. The second kappa shape index (κ2) is 7.64. The highest BCUT2D eigenvalue weighted by Gasteiger charge is 2.06. The quantitative estimate of drug-likeness (QED) is 0.468. The molecule has 0 saturated heterocycles. The summed E-state index contributed by atoms with van der Waals surface area (Å²) < 4.78 is 0. The van der Waals surface area contributed by atoms with Crippen LogP contribution < -0.4 is 4.90 Å². The summed E-state index contributed by atoms with van der Waals surface area (Å²) in [6, 6.07) is 5.47. The lowest BCUT2D eigenvalue weighted by molar-refractivity contribution is -0.131. The Morgan fingerprint density at radius 2 is 2.26 bits per heavy atom. The maximum Gasteiger partial charge on any atom is 0.328 e. The zero-order chi connectivity index (χ0) is 14.3. The molecule has 1 rings (SSSR count). The minimum Gasteiger partial charge on any atom is -0.478 e. The van der Waals surface area contributed by atoms with E-state index in [1.165, 1.54) is 0 Å². The number of carboxylic acid groups (broad SMARTS) is 1. The van der Waals surface area contributed by atoms with E-state index in [1.54, 1.807) is 18.2 Å². The van der Waals surface area contributed by atoms with E-state index in [-0.39, 0.29) is 0 Å². The number of anilines is 1. The van der Waals surface area contributed by atoms with Gasteiger partial charge in [0.2, 0.25) is 0 Å². The topological polar surface area (TPSA) is 40.5 Å². The second-order valence-electron chi connectivity index (χ2n) is 4.23. The van der Waals surface area contributed by atoms with Crippen LogP contribution in [0.1, 0.15) is 18.4 Å². The summed E-state index contributed by atoms with van der Waals surface area (Å²) in [6.07, 6.45) is 6.53. The predicted molar refractivity (Wildman–Crippen MR) is 80.8 cm³/mol. The van der Waals surface area contributed by atoms with Crippen LogP contribution in [0.3, 0.4) is 0 Å². The van der Waals surface area contributed by atoms with Gasteiger partial charge in [-0.15, -0.1) is 6.58 Å². The number of halogens is 1. The molecule has 3 nitrogen and oxygen atoms in total. The highest BCUT2D eigenvalue weighted by molar-refractivity contribution is 6.30. The predicted octanol–water partition coefficient (Wildman–Crippen LogP) is 3.84. The molecule has 0 unspecified atom stereocenters. The summed E-state index contributed by atoms with van der Waals surface area (Å²) in [5.41, 5.74) is 1.77. The number of carbonyl (C=O) groups is 1. The Labute approximate surface area is 118 Å². The van der Waals surface area contributed by atoms with Crippen molar-refractivity contribution in [2.24, 2.45) is 0 Å². The Kier molecular flexibility index (Phi) is 6.16. The van der Waals surface area contributed by atoms with Gasteiger partial charge in [0, 0.05) is 30.4 Å². The molecule has 1 N–H and O–H groups in total. The lowest BCUT2D eigenvalue weighted by Crippen LogP contribution is -2.19. The van der Waals surface area contributed by atoms with Gasteiger partial charge in [0.05, 0.1) is 0 Å². The second-order valence-corrected chi connectivity index (χ2v) is 4.66. The molecule has 0 bridgehead atoms. The molecule has 0 fully saturated rings. The summed E-state index contributed by atoms with van der Waals surface area (Å²) >= 11 is 5.95. The van der Waals surface area contributed by atoms with Gasteiger partial charge in [-0.25, -0.2) is 4.79 Å². The third-order valence-corrected chi connectivity index (χ3v) is 2.94. The Hall–Kier alpha value is -1.74. The zero-order valence-corrected chi connectivity index (χ0v) is 11.7. The van der Waals surface area contributed by atoms with Gasteiger partial charge in [0.15, 0.2) is 0 Å². The van der Waals surface area contributed by atoms with Gasteiger partial charge in [-0.05, 0) is 42.7 Å². The number of hydrogen-bond donors (Lipinski definition) is 1. The summed E-state index contributed by atoms with van der Waals surface area (Å²) in [5.74, 6) is -0.972. The van der Waals surface area contributed by atoms with Gasteiger partial charge >= 0.3 is 5.97 Å². The lowest BCUT2D eigenvalue weighted by atomic mass is 10.1. The number of aliphatic carboxylic acids is 1. The SMILES string of the molecule is C=CCCCN(C)c1ccc(Cl)cc1/C=C/C(=O)O. The molecule has 0 aromatic heterocycles. The zero-order valence-electron chi connectivity index (χ0n) is 11.0. The van der Waals surface area contributed by atoms with Gasteiger partial charge < -0.3 is 10.0 Å². The Bertz CT molecular complexity index is 483. The molecule has 1 aromatic rings. The molecule has 0 radical (unpaired) electrons. The maximum atomic E-state index is 10.6. The van der Waals surface area contributed by atoms with E-state index in [2.05, 4.69) is 11.5 Å². The number of allylic oxidation sites excluding steroid dienone is 1. The third kappa shape index (κ3) is 5.18. The fourth-order valence-corrected chi connectivity index (χ4v) is 1.94. The average molecular weight is 280 g/mol. The molecular weight excluding hydrogens is 262 g/mol. The summed E-state index contributed by atoms with van der Waals surface area (Å²) in [6.45, 7) is 4.57. The van der Waals surface area contributed by atoms with E-state index in [0.29, 0.717) is 5.02 Å². The molecule has 0 aliphatic heterocycles. The van der Waals surface area contributed by atoms with Gasteiger partial charge in [-0.1, -0.05) is 17.7 Å². The van der Waals surface area contributed by atoms with Crippen molar-refractivity contribution < 1.29 is 9.90 Å². The number of nitrogens with zero attached hydrogens (tertiary/aromatic N) is 1. The number of benzene rings is 1. The van der Waals surface area contributed by atoms with E-state index >= 15 is 0 Å². The molecule has 0 spiro atoms. The molecule has 0 atom stereocenters. The summed E-state index contributed by atoms with van der Waals surface area (Å²) in [4.78, 5) is 12.7. The van der Waals surface area contributed by atoms with Crippen LogP contribution >= 0.6 is 11.6 Å². The fourth-order valence-electron chi connectivity index (χ4n) is 1.76. The molecule has 0 saturated carbocycles. The maximum absolute atomic E-state index is 10.6. The summed E-state index contributed by atoms with van der Waals surface area (Å²) in [5, 5.41) is 9.29. The first-order chi connectivity index (χ1) is 9.04. The highest BCUT2D eigenvalue weighted by Crippen LogP contribution is 2.25. The van der Waals surface area contributed by atoms with Gasteiger partial charge in [0.25, 0.3) is 0 Å². The van der Waals surface area contributed by atoms with Crippen molar-refractivity contribution >= 4 is 29.3 Å². The standard InChI is InChI=1S/C15H18ClNO2/c1-3-4-5-10-17(2)14-8-7-13(16)11-12(14)6-9-15(18)19/h3,6-9,11H,1,4-5,10H2,2H3,(H,18,19)/b9-6+. The van der Waals surface area contributed by atoms with Gasteiger partial charge in [0.1, 0.15) is 0 Å².